The average Bonchev–Trinajstić information content (AvgIpc) is 3.24. The number of carbonyl (C=O) groups is 2. The molecular weight excluding hydrogens is 352 g/mol. The number of aromatic nitrogens is 2. The number of H-pyrrole nitrogens is 1. The van der Waals surface area contributed by atoms with E-state index in [-0.39, 0.29) is 17.9 Å². The molecule has 0 bridgehead atoms. The van der Waals surface area contributed by atoms with Crippen molar-refractivity contribution in [2.45, 2.75) is 39.2 Å². The molecule has 0 radical (unpaired) electrons. The summed E-state index contributed by atoms with van der Waals surface area (Å²) in [5.41, 5.74) is 0.328. The van der Waals surface area contributed by atoms with Crippen LogP contribution in [-0.2, 0) is 9.53 Å². The molecule has 8 heteroatoms. The van der Waals surface area contributed by atoms with E-state index in [1.807, 2.05) is 44.4 Å². The Hall–Kier alpha value is -2.35. The Balaban J connectivity index is 1.58. The molecule has 1 saturated heterocycles. The van der Waals surface area contributed by atoms with Gasteiger partial charge in [-0.1, -0.05) is 6.07 Å². The first-order valence-electron chi connectivity index (χ1n) is 8.70. The number of nitrogens with zero attached hydrogens (tertiary/aromatic N) is 2. The third kappa shape index (κ3) is 4.63. The maximum Gasteiger partial charge on any atom is 0.410 e. The number of hydrogen-bond donors (Lipinski definition) is 2. The molecule has 7 nitrogen and oxygen atoms in total. The summed E-state index contributed by atoms with van der Waals surface area (Å²) in [5, 5.41) is 11.9. The Kier molecular flexibility index (Phi) is 5.31. The quantitative estimate of drug-likeness (QED) is 0.854. The van der Waals surface area contributed by atoms with Crippen LogP contribution in [0.3, 0.4) is 0 Å². The molecule has 3 heterocycles. The Bertz CT molecular complexity index is 764. The number of piperidine rings is 1. The summed E-state index contributed by atoms with van der Waals surface area (Å²) in [4.78, 5) is 27.5. The molecule has 2 aromatic rings. The van der Waals surface area contributed by atoms with Gasteiger partial charge in [0.05, 0.1) is 16.5 Å². The van der Waals surface area contributed by atoms with Crippen LogP contribution in [0.2, 0.25) is 0 Å². The second-order valence-electron chi connectivity index (χ2n) is 7.40. The van der Waals surface area contributed by atoms with Crippen molar-refractivity contribution < 1.29 is 14.3 Å². The number of rotatable bonds is 3. The van der Waals surface area contributed by atoms with Gasteiger partial charge >= 0.3 is 6.09 Å². The molecule has 1 fully saturated rings. The van der Waals surface area contributed by atoms with Gasteiger partial charge in [0, 0.05) is 19.2 Å². The van der Waals surface area contributed by atoms with E-state index in [1.165, 1.54) is 0 Å². The number of aromatic amines is 1. The van der Waals surface area contributed by atoms with Crippen molar-refractivity contribution >= 4 is 29.2 Å². The van der Waals surface area contributed by atoms with Crippen molar-refractivity contribution in [2.24, 2.45) is 5.92 Å². The number of amides is 2. The van der Waals surface area contributed by atoms with Crippen molar-refractivity contribution in [3.05, 3.63) is 23.6 Å². The number of carbonyl (C=O) groups excluding carboxylic acids is 2. The van der Waals surface area contributed by atoms with Crippen LogP contribution in [0.1, 0.15) is 33.6 Å². The lowest BCUT2D eigenvalue weighted by molar-refractivity contribution is -0.121. The minimum Gasteiger partial charge on any atom is -0.444 e. The average molecular weight is 376 g/mol. The zero-order valence-corrected chi connectivity index (χ0v) is 16.1. The summed E-state index contributed by atoms with van der Waals surface area (Å²) >= 11 is 1.60. The molecule has 3 rings (SSSR count). The molecule has 0 aliphatic carbocycles. The fourth-order valence-electron chi connectivity index (χ4n) is 2.86. The molecule has 1 unspecified atom stereocenters. The minimum atomic E-state index is -0.542. The highest BCUT2D eigenvalue weighted by Gasteiger charge is 2.31. The molecule has 1 aliphatic rings. The van der Waals surface area contributed by atoms with E-state index in [0.717, 1.165) is 23.4 Å². The number of anilines is 1. The van der Waals surface area contributed by atoms with E-state index in [4.69, 9.17) is 4.74 Å². The number of nitrogens with one attached hydrogen (secondary N) is 2. The summed E-state index contributed by atoms with van der Waals surface area (Å²) in [6.07, 6.45) is 1.15. The van der Waals surface area contributed by atoms with E-state index in [9.17, 15) is 9.59 Å². The normalized spacial score (nSPS) is 17.8. The van der Waals surface area contributed by atoms with Gasteiger partial charge in [-0.2, -0.15) is 5.10 Å². The second kappa shape index (κ2) is 7.49. The Morgan fingerprint density at radius 2 is 2.23 bits per heavy atom. The molecule has 0 saturated carbocycles. The predicted molar refractivity (Wildman–Crippen MR) is 101 cm³/mol. The Morgan fingerprint density at radius 3 is 2.92 bits per heavy atom. The number of ether oxygens (including phenoxy) is 1. The van der Waals surface area contributed by atoms with Crippen molar-refractivity contribution in [1.82, 2.24) is 15.1 Å². The molecule has 1 atom stereocenters. The highest BCUT2D eigenvalue weighted by atomic mass is 32.1. The van der Waals surface area contributed by atoms with Gasteiger partial charge in [-0.15, -0.1) is 11.3 Å². The van der Waals surface area contributed by atoms with E-state index < -0.39 is 5.60 Å². The van der Waals surface area contributed by atoms with Gasteiger partial charge in [0.1, 0.15) is 5.60 Å². The first-order chi connectivity index (χ1) is 12.3. The Morgan fingerprint density at radius 1 is 1.42 bits per heavy atom. The van der Waals surface area contributed by atoms with E-state index in [1.54, 1.807) is 16.2 Å². The first-order valence-corrected chi connectivity index (χ1v) is 9.58. The third-order valence-corrected chi connectivity index (χ3v) is 4.96. The van der Waals surface area contributed by atoms with Gasteiger partial charge in [-0.25, -0.2) is 4.79 Å². The topological polar surface area (TPSA) is 87.3 Å². The number of hydrogen-bond acceptors (Lipinski definition) is 5. The van der Waals surface area contributed by atoms with Crippen LogP contribution < -0.4 is 5.32 Å². The maximum absolute atomic E-state index is 12.6. The zero-order chi connectivity index (χ0) is 18.7. The fraction of sp³-hybridized carbons (Fsp3) is 0.500. The van der Waals surface area contributed by atoms with Gasteiger partial charge in [0.25, 0.3) is 0 Å². The van der Waals surface area contributed by atoms with Gasteiger partial charge in [0.15, 0.2) is 5.82 Å². The summed E-state index contributed by atoms with van der Waals surface area (Å²) in [6, 6.07) is 5.77. The lowest BCUT2D eigenvalue weighted by Crippen LogP contribution is -2.45. The standard InChI is InChI=1S/C18H24N4O3S/c1-18(2,3)25-17(24)22-8-4-6-12(11-22)16(23)19-15-10-13(20-21-15)14-7-5-9-26-14/h5,7,9-10,12H,4,6,8,11H2,1-3H3,(H2,19,20,21,23). The molecule has 140 valence electrons. The highest BCUT2D eigenvalue weighted by Crippen LogP contribution is 2.25. The van der Waals surface area contributed by atoms with Gasteiger partial charge < -0.3 is 15.0 Å². The molecule has 1 aliphatic heterocycles. The molecule has 26 heavy (non-hydrogen) atoms. The summed E-state index contributed by atoms with van der Waals surface area (Å²) in [5.74, 6) is 0.105. The van der Waals surface area contributed by atoms with E-state index in [0.29, 0.717) is 18.9 Å². The number of thiophene rings is 1. The van der Waals surface area contributed by atoms with E-state index in [2.05, 4.69) is 15.5 Å². The first kappa shape index (κ1) is 18.4. The molecule has 0 aromatic carbocycles. The monoisotopic (exact) mass is 376 g/mol. The summed E-state index contributed by atoms with van der Waals surface area (Å²) in [6.45, 7) is 6.48. The van der Waals surface area contributed by atoms with Crippen molar-refractivity contribution in [3.63, 3.8) is 0 Å². The second-order valence-corrected chi connectivity index (χ2v) is 8.35. The molecule has 2 amide bonds. The smallest absolute Gasteiger partial charge is 0.410 e. The van der Waals surface area contributed by atoms with Crippen molar-refractivity contribution in [2.75, 3.05) is 18.4 Å². The maximum atomic E-state index is 12.6. The predicted octanol–water partition coefficient (Wildman–Crippen LogP) is 3.72. The van der Waals surface area contributed by atoms with Crippen LogP contribution in [0.15, 0.2) is 23.6 Å². The molecule has 2 N–H and O–H groups in total. The van der Waals surface area contributed by atoms with Gasteiger partial charge in [-0.3, -0.25) is 9.89 Å². The summed E-state index contributed by atoms with van der Waals surface area (Å²) < 4.78 is 5.41. The number of likely N-dealkylation sites (tertiary alicyclic amines) is 1. The van der Waals surface area contributed by atoms with Gasteiger partial charge in [-0.05, 0) is 45.1 Å². The third-order valence-electron chi connectivity index (χ3n) is 4.06. The Labute approximate surface area is 156 Å². The van der Waals surface area contributed by atoms with Crippen LogP contribution in [0.4, 0.5) is 10.6 Å². The van der Waals surface area contributed by atoms with Crippen LogP contribution >= 0.6 is 11.3 Å². The summed E-state index contributed by atoms with van der Waals surface area (Å²) in [7, 11) is 0. The minimum absolute atomic E-state index is 0.123. The molecular formula is C18H24N4O3S. The van der Waals surface area contributed by atoms with Crippen LogP contribution in [0.5, 0.6) is 0 Å². The van der Waals surface area contributed by atoms with Crippen LogP contribution in [0.25, 0.3) is 10.6 Å². The molecule has 2 aromatic heterocycles. The van der Waals surface area contributed by atoms with Gasteiger partial charge in [0.2, 0.25) is 5.91 Å². The molecule has 0 spiro atoms. The fourth-order valence-corrected chi connectivity index (χ4v) is 3.55. The highest BCUT2D eigenvalue weighted by molar-refractivity contribution is 7.13. The van der Waals surface area contributed by atoms with Crippen molar-refractivity contribution in [3.8, 4) is 10.6 Å². The zero-order valence-electron chi connectivity index (χ0n) is 15.2. The largest absolute Gasteiger partial charge is 0.444 e. The van der Waals surface area contributed by atoms with Crippen molar-refractivity contribution in [1.29, 1.82) is 0 Å². The van der Waals surface area contributed by atoms with Crippen LogP contribution in [-0.4, -0.2) is 45.8 Å². The van der Waals surface area contributed by atoms with E-state index >= 15 is 0 Å². The van der Waals surface area contributed by atoms with Crippen LogP contribution in [0, 0.1) is 5.92 Å². The lowest BCUT2D eigenvalue weighted by Gasteiger charge is -2.33. The SMILES string of the molecule is CC(C)(C)OC(=O)N1CCCC(C(=O)Nc2cc(-c3cccs3)[nH]n2)C1. The lowest BCUT2D eigenvalue weighted by atomic mass is 9.97.